The van der Waals surface area contributed by atoms with Crippen molar-refractivity contribution >= 4 is 17.2 Å². The third kappa shape index (κ3) is 3.26. The second-order valence-electron chi connectivity index (χ2n) is 7.75. The van der Waals surface area contributed by atoms with Crippen LogP contribution in [0.5, 0.6) is 0 Å². The molecule has 1 aliphatic carbocycles. The average Bonchev–Trinajstić information content (AvgIpc) is 2.93. The Morgan fingerprint density at radius 2 is 1.50 bits per heavy atom. The lowest BCUT2D eigenvalue weighted by Crippen LogP contribution is -2.27. The second kappa shape index (κ2) is 7.41. The molecular formula is C25H20F2N2O. The van der Waals surface area contributed by atoms with Crippen LogP contribution in [0.4, 0.5) is 20.2 Å². The number of carbonyl (C=O) groups is 1. The van der Waals surface area contributed by atoms with Crippen LogP contribution in [0.2, 0.25) is 0 Å². The van der Waals surface area contributed by atoms with Gasteiger partial charge >= 0.3 is 0 Å². The number of hydrogen-bond donors (Lipinski definition) is 2. The molecule has 0 unspecified atom stereocenters. The summed E-state index contributed by atoms with van der Waals surface area (Å²) in [5, 5.41) is 6.82. The van der Waals surface area contributed by atoms with Crippen LogP contribution >= 0.6 is 0 Å². The van der Waals surface area contributed by atoms with Gasteiger partial charge < -0.3 is 10.6 Å². The van der Waals surface area contributed by atoms with Crippen molar-refractivity contribution in [3.63, 3.8) is 0 Å². The van der Waals surface area contributed by atoms with Gasteiger partial charge in [-0.1, -0.05) is 48.5 Å². The normalized spacial score (nSPS) is 20.5. The Morgan fingerprint density at radius 3 is 2.27 bits per heavy atom. The van der Waals surface area contributed by atoms with Gasteiger partial charge in [-0.2, -0.15) is 0 Å². The Kier molecular flexibility index (Phi) is 4.58. The minimum Gasteiger partial charge on any atom is -0.372 e. The fourth-order valence-corrected chi connectivity index (χ4v) is 4.40. The van der Waals surface area contributed by atoms with Gasteiger partial charge in [0.05, 0.1) is 17.4 Å². The van der Waals surface area contributed by atoms with Crippen LogP contribution < -0.4 is 10.6 Å². The van der Waals surface area contributed by atoms with Gasteiger partial charge in [-0.05, 0) is 47.7 Å². The van der Waals surface area contributed by atoms with Crippen LogP contribution in [0.1, 0.15) is 35.9 Å². The number of allylic oxidation sites excluding steroid dienone is 1. The highest BCUT2D eigenvalue weighted by Crippen LogP contribution is 2.44. The molecule has 0 fully saturated rings. The molecule has 30 heavy (non-hydrogen) atoms. The minimum atomic E-state index is -0.924. The topological polar surface area (TPSA) is 41.1 Å². The first kappa shape index (κ1) is 18.6. The van der Waals surface area contributed by atoms with E-state index >= 15 is 0 Å². The molecule has 150 valence electrons. The van der Waals surface area contributed by atoms with E-state index in [9.17, 15) is 13.6 Å². The summed E-state index contributed by atoms with van der Waals surface area (Å²) < 4.78 is 27.6. The van der Waals surface area contributed by atoms with E-state index in [1.165, 1.54) is 12.1 Å². The van der Waals surface area contributed by atoms with Crippen molar-refractivity contribution < 1.29 is 13.6 Å². The third-order valence-electron chi connectivity index (χ3n) is 5.86. The fraction of sp³-hybridized carbons (Fsp3) is 0.160. The van der Waals surface area contributed by atoms with Crippen molar-refractivity contribution in [1.29, 1.82) is 0 Å². The van der Waals surface area contributed by atoms with Gasteiger partial charge in [0, 0.05) is 17.7 Å². The summed E-state index contributed by atoms with van der Waals surface area (Å²) >= 11 is 0. The predicted octanol–water partition coefficient (Wildman–Crippen LogP) is 5.94. The van der Waals surface area contributed by atoms with Gasteiger partial charge in [0.2, 0.25) is 0 Å². The molecule has 0 saturated carbocycles. The maximum Gasteiger partial charge on any atom is 0.163 e. The molecule has 3 aromatic rings. The van der Waals surface area contributed by atoms with Gasteiger partial charge in [0.1, 0.15) is 0 Å². The van der Waals surface area contributed by atoms with Crippen LogP contribution in [0.25, 0.3) is 0 Å². The first-order valence-corrected chi connectivity index (χ1v) is 9.99. The fourth-order valence-electron chi connectivity index (χ4n) is 4.40. The number of benzene rings is 3. The number of fused-ring (bicyclic) bond motifs is 1. The van der Waals surface area contributed by atoms with E-state index in [0.29, 0.717) is 24.0 Å². The Bertz CT molecular complexity index is 1160. The number of hydrogen-bond acceptors (Lipinski definition) is 3. The average molecular weight is 402 g/mol. The lowest BCUT2D eigenvalue weighted by molar-refractivity contribution is -0.116. The lowest BCUT2D eigenvalue weighted by atomic mass is 9.78. The molecule has 3 aromatic carbocycles. The summed E-state index contributed by atoms with van der Waals surface area (Å²) in [6.45, 7) is 0. The highest BCUT2D eigenvalue weighted by molar-refractivity contribution is 6.01. The number of halogens is 2. The largest absolute Gasteiger partial charge is 0.372 e. The number of nitrogens with one attached hydrogen (secondary N) is 2. The molecule has 0 aromatic heterocycles. The van der Waals surface area contributed by atoms with Crippen LogP contribution in [0, 0.1) is 11.6 Å². The Balaban J connectivity index is 1.63. The van der Waals surface area contributed by atoms with Crippen molar-refractivity contribution in [3.05, 3.63) is 107 Å². The molecule has 5 rings (SSSR count). The van der Waals surface area contributed by atoms with E-state index in [-0.39, 0.29) is 11.7 Å². The van der Waals surface area contributed by atoms with Crippen LogP contribution in [0.15, 0.2) is 84.1 Å². The smallest absolute Gasteiger partial charge is 0.163 e. The maximum atomic E-state index is 14.0. The number of Topliss-reactive ketones (excluding diaryl/α,β-unsaturated/α-hetero) is 1. The number of carbonyl (C=O) groups excluding carboxylic acids is 1. The number of ketones is 1. The molecule has 0 radical (unpaired) electrons. The molecule has 1 aliphatic heterocycles. The summed E-state index contributed by atoms with van der Waals surface area (Å²) in [7, 11) is 0. The van der Waals surface area contributed by atoms with Crippen molar-refractivity contribution in [2.45, 2.75) is 24.8 Å². The Morgan fingerprint density at radius 1 is 0.767 bits per heavy atom. The summed E-state index contributed by atoms with van der Waals surface area (Å²) in [6, 6.07) is 20.9. The van der Waals surface area contributed by atoms with Crippen molar-refractivity contribution in [3.8, 4) is 0 Å². The molecule has 0 bridgehead atoms. The summed E-state index contributed by atoms with van der Waals surface area (Å²) in [5.41, 5.74) is 4.72. The van der Waals surface area contributed by atoms with E-state index in [4.69, 9.17) is 0 Å². The zero-order valence-corrected chi connectivity index (χ0v) is 16.2. The molecule has 2 N–H and O–H groups in total. The Labute approximate surface area is 173 Å². The van der Waals surface area contributed by atoms with E-state index in [1.807, 2.05) is 54.6 Å². The Hall–Kier alpha value is -3.47. The molecule has 0 spiro atoms. The van der Waals surface area contributed by atoms with Crippen molar-refractivity contribution in [1.82, 2.24) is 0 Å². The van der Waals surface area contributed by atoms with E-state index in [0.717, 1.165) is 28.7 Å². The van der Waals surface area contributed by atoms with Gasteiger partial charge in [-0.3, -0.25) is 4.79 Å². The van der Waals surface area contributed by atoms with Crippen molar-refractivity contribution in [2.75, 3.05) is 10.6 Å². The molecule has 0 saturated heterocycles. The highest BCUT2D eigenvalue weighted by atomic mass is 19.2. The number of rotatable bonds is 2. The minimum absolute atomic E-state index is 0.00708. The summed E-state index contributed by atoms with van der Waals surface area (Å²) in [6.07, 6.45) is 1.05. The number of para-hydroxylation sites is 2. The first-order chi connectivity index (χ1) is 14.6. The number of anilines is 2. The lowest BCUT2D eigenvalue weighted by Gasteiger charge is -2.30. The van der Waals surface area contributed by atoms with E-state index < -0.39 is 17.7 Å². The molecule has 5 heteroatoms. The molecule has 1 heterocycles. The zero-order chi connectivity index (χ0) is 20.7. The molecule has 2 atom stereocenters. The third-order valence-corrected chi connectivity index (χ3v) is 5.86. The maximum absolute atomic E-state index is 14.0. The quantitative estimate of drug-likeness (QED) is 0.557. The molecule has 2 aliphatic rings. The van der Waals surface area contributed by atoms with E-state index in [2.05, 4.69) is 10.6 Å². The first-order valence-electron chi connectivity index (χ1n) is 9.99. The summed E-state index contributed by atoms with van der Waals surface area (Å²) in [4.78, 5) is 13.3. The SMILES string of the molecule is O=C1C[C@H](c2ccccc2)CC2=C1[C@@H](c1ccc(F)c(F)c1)Nc1ccccc1N2. The molecule has 3 nitrogen and oxygen atoms in total. The van der Waals surface area contributed by atoms with Crippen molar-refractivity contribution in [2.24, 2.45) is 0 Å². The van der Waals surface area contributed by atoms with Gasteiger partial charge in [-0.15, -0.1) is 0 Å². The zero-order valence-electron chi connectivity index (χ0n) is 16.2. The predicted molar refractivity (Wildman–Crippen MR) is 113 cm³/mol. The van der Waals surface area contributed by atoms with Gasteiger partial charge in [0.25, 0.3) is 0 Å². The molecular weight excluding hydrogens is 382 g/mol. The van der Waals surface area contributed by atoms with Crippen LogP contribution in [0.3, 0.4) is 0 Å². The second-order valence-corrected chi connectivity index (χ2v) is 7.75. The monoisotopic (exact) mass is 402 g/mol. The van der Waals surface area contributed by atoms with Crippen LogP contribution in [-0.4, -0.2) is 5.78 Å². The van der Waals surface area contributed by atoms with Gasteiger partial charge in [0.15, 0.2) is 17.4 Å². The van der Waals surface area contributed by atoms with Gasteiger partial charge in [-0.25, -0.2) is 8.78 Å². The standard InChI is InChI=1S/C25H20F2N2O/c26-18-11-10-16(12-19(18)27)25-24-22(28-20-8-4-5-9-21(20)29-25)13-17(14-23(24)30)15-6-2-1-3-7-15/h1-12,17,25,28-29H,13-14H2/t17-,25-/m1/s1. The van der Waals surface area contributed by atoms with Crippen LogP contribution in [-0.2, 0) is 4.79 Å². The van der Waals surface area contributed by atoms with E-state index in [1.54, 1.807) is 0 Å². The molecule has 0 amide bonds. The summed E-state index contributed by atoms with van der Waals surface area (Å²) in [5.74, 6) is -1.75. The highest BCUT2D eigenvalue weighted by Gasteiger charge is 2.36.